The second-order valence-corrected chi connectivity index (χ2v) is 9.44. The number of benzene rings is 2. The number of rotatable bonds is 6. The molecule has 0 aliphatic carbocycles. The summed E-state index contributed by atoms with van der Waals surface area (Å²) < 4.78 is 6.37. The summed E-state index contributed by atoms with van der Waals surface area (Å²) in [7, 11) is 0. The fourth-order valence-electron chi connectivity index (χ4n) is 3.45. The summed E-state index contributed by atoms with van der Waals surface area (Å²) in [5, 5.41) is 1.36. The Morgan fingerprint density at radius 2 is 1.94 bits per heavy atom. The number of hydrogen-bond donors (Lipinski definition) is 0. The highest BCUT2D eigenvalue weighted by Gasteiger charge is 2.23. The fraction of sp³-hybridized carbons (Fsp3) is 0.364. The van der Waals surface area contributed by atoms with Crippen LogP contribution in [0.3, 0.4) is 0 Å². The van der Waals surface area contributed by atoms with Crippen LogP contribution >= 0.6 is 47.1 Å². The SMILES string of the molecule is CSc1ccc(C(=O)N(CCN2CCOCC2)c2nc3c(C)ccc(Cl)c3s2)cc1.Cl. The Bertz CT molecular complexity index is 998. The number of aryl methyl sites for hydroxylation is 1. The molecular weight excluding hydrogens is 473 g/mol. The van der Waals surface area contributed by atoms with Crippen molar-refractivity contribution in [1.29, 1.82) is 0 Å². The number of anilines is 1. The number of halogens is 2. The molecule has 1 saturated heterocycles. The van der Waals surface area contributed by atoms with E-state index in [1.165, 1.54) is 11.3 Å². The average molecular weight is 499 g/mol. The maximum Gasteiger partial charge on any atom is 0.260 e. The number of carbonyl (C=O) groups is 1. The number of nitrogens with zero attached hydrogens (tertiary/aromatic N) is 3. The van der Waals surface area contributed by atoms with Gasteiger partial charge in [0.25, 0.3) is 5.91 Å². The number of fused-ring (bicyclic) bond motifs is 1. The van der Waals surface area contributed by atoms with Crippen molar-refractivity contribution >= 4 is 68.4 Å². The van der Waals surface area contributed by atoms with E-state index >= 15 is 0 Å². The van der Waals surface area contributed by atoms with Crippen molar-refractivity contribution in [1.82, 2.24) is 9.88 Å². The number of morpholine rings is 1. The van der Waals surface area contributed by atoms with Gasteiger partial charge in [0.1, 0.15) is 0 Å². The lowest BCUT2D eigenvalue weighted by atomic mass is 10.2. The Hall–Kier alpha value is -1.35. The Morgan fingerprint density at radius 3 is 2.58 bits per heavy atom. The van der Waals surface area contributed by atoms with E-state index in [2.05, 4.69) is 4.90 Å². The third-order valence-corrected chi connectivity index (χ3v) is 7.52. The smallest absolute Gasteiger partial charge is 0.260 e. The van der Waals surface area contributed by atoms with Crippen molar-refractivity contribution in [2.75, 3.05) is 50.5 Å². The van der Waals surface area contributed by atoms with Crippen molar-refractivity contribution in [2.45, 2.75) is 11.8 Å². The summed E-state index contributed by atoms with van der Waals surface area (Å²) in [6.45, 7) is 6.61. The molecule has 1 aliphatic rings. The van der Waals surface area contributed by atoms with Gasteiger partial charge in [0.15, 0.2) is 5.13 Å². The maximum atomic E-state index is 13.5. The van der Waals surface area contributed by atoms with Gasteiger partial charge in [-0.2, -0.15) is 0 Å². The van der Waals surface area contributed by atoms with Crippen LogP contribution in [0.4, 0.5) is 5.13 Å². The molecule has 2 heterocycles. The predicted octanol–water partition coefficient (Wildman–Crippen LogP) is 5.38. The zero-order valence-electron chi connectivity index (χ0n) is 17.5. The minimum atomic E-state index is -0.0382. The van der Waals surface area contributed by atoms with Crippen LogP contribution in [-0.4, -0.2) is 61.4 Å². The Kier molecular flexibility index (Phi) is 8.61. The van der Waals surface area contributed by atoms with Crippen molar-refractivity contribution in [3.63, 3.8) is 0 Å². The number of thioether (sulfide) groups is 1. The highest BCUT2D eigenvalue weighted by molar-refractivity contribution is 7.98. The van der Waals surface area contributed by atoms with Crippen LogP contribution in [0, 0.1) is 6.92 Å². The van der Waals surface area contributed by atoms with Gasteiger partial charge in [-0.15, -0.1) is 24.2 Å². The van der Waals surface area contributed by atoms with Gasteiger partial charge in [-0.1, -0.05) is 29.0 Å². The molecular formula is C22H25Cl2N3O2S2. The van der Waals surface area contributed by atoms with E-state index < -0.39 is 0 Å². The molecule has 1 amide bonds. The molecule has 1 aliphatic heterocycles. The highest BCUT2D eigenvalue weighted by Crippen LogP contribution is 2.36. The van der Waals surface area contributed by atoms with E-state index in [0.717, 1.165) is 53.5 Å². The first-order valence-electron chi connectivity index (χ1n) is 9.88. The second-order valence-electron chi connectivity index (χ2n) is 7.18. The molecule has 5 nitrogen and oxygen atoms in total. The van der Waals surface area contributed by atoms with Crippen molar-refractivity contribution in [2.24, 2.45) is 0 Å². The molecule has 1 fully saturated rings. The first kappa shape index (κ1) is 24.3. The Labute approximate surface area is 202 Å². The van der Waals surface area contributed by atoms with Gasteiger partial charge < -0.3 is 4.74 Å². The van der Waals surface area contributed by atoms with Crippen LogP contribution in [0.15, 0.2) is 41.3 Å². The van der Waals surface area contributed by atoms with Gasteiger partial charge in [0, 0.05) is 36.6 Å². The number of amides is 1. The molecule has 4 rings (SSSR count). The van der Waals surface area contributed by atoms with Crippen LogP contribution in [0.25, 0.3) is 10.2 Å². The van der Waals surface area contributed by atoms with Crippen molar-refractivity contribution in [3.8, 4) is 0 Å². The zero-order valence-corrected chi connectivity index (χ0v) is 20.7. The molecule has 1 aromatic heterocycles. The van der Waals surface area contributed by atoms with Crippen LogP contribution in [0.1, 0.15) is 15.9 Å². The number of thiazole rings is 1. The van der Waals surface area contributed by atoms with E-state index in [4.69, 9.17) is 21.3 Å². The van der Waals surface area contributed by atoms with Gasteiger partial charge in [-0.05, 0) is 49.1 Å². The van der Waals surface area contributed by atoms with Gasteiger partial charge in [0.2, 0.25) is 0 Å². The van der Waals surface area contributed by atoms with Crippen LogP contribution < -0.4 is 4.90 Å². The highest BCUT2D eigenvalue weighted by atomic mass is 35.5. The monoisotopic (exact) mass is 497 g/mol. The molecule has 0 N–H and O–H groups in total. The molecule has 0 bridgehead atoms. The zero-order chi connectivity index (χ0) is 21.1. The Balaban J connectivity index is 0.00000272. The minimum Gasteiger partial charge on any atom is -0.379 e. The molecule has 0 saturated carbocycles. The van der Waals surface area contributed by atoms with Crippen LogP contribution in [0.5, 0.6) is 0 Å². The first-order chi connectivity index (χ1) is 14.6. The maximum absolute atomic E-state index is 13.5. The summed E-state index contributed by atoms with van der Waals surface area (Å²) in [6.07, 6.45) is 2.03. The normalized spacial score (nSPS) is 14.4. The first-order valence-corrected chi connectivity index (χ1v) is 12.3. The number of ether oxygens (including phenoxy) is 1. The quantitative estimate of drug-likeness (QED) is 0.427. The van der Waals surface area contributed by atoms with Crippen molar-refractivity contribution < 1.29 is 9.53 Å². The van der Waals surface area contributed by atoms with Crippen LogP contribution in [0.2, 0.25) is 5.02 Å². The van der Waals surface area contributed by atoms with E-state index in [9.17, 15) is 4.79 Å². The fourth-order valence-corrected chi connectivity index (χ4v) is 5.20. The Morgan fingerprint density at radius 1 is 1.23 bits per heavy atom. The number of hydrogen-bond acceptors (Lipinski definition) is 6. The van der Waals surface area contributed by atoms with Gasteiger partial charge in [-0.25, -0.2) is 4.98 Å². The van der Waals surface area contributed by atoms with Crippen LogP contribution in [-0.2, 0) is 4.74 Å². The molecule has 2 aromatic carbocycles. The molecule has 166 valence electrons. The lowest BCUT2D eigenvalue weighted by molar-refractivity contribution is 0.0391. The molecule has 31 heavy (non-hydrogen) atoms. The third kappa shape index (κ3) is 5.53. The van der Waals surface area contributed by atoms with Gasteiger partial charge >= 0.3 is 0 Å². The molecule has 9 heteroatoms. The second kappa shape index (κ2) is 11.0. The van der Waals surface area contributed by atoms with E-state index in [1.54, 1.807) is 16.7 Å². The molecule has 3 aromatic rings. The summed E-state index contributed by atoms with van der Waals surface area (Å²) >= 11 is 9.56. The van der Waals surface area contributed by atoms with E-state index in [1.807, 2.05) is 49.6 Å². The number of aromatic nitrogens is 1. The molecule has 0 spiro atoms. The number of carbonyl (C=O) groups excluding carboxylic acids is 1. The summed E-state index contributed by atoms with van der Waals surface area (Å²) in [6, 6.07) is 11.6. The predicted molar refractivity (Wildman–Crippen MR) is 134 cm³/mol. The summed E-state index contributed by atoms with van der Waals surface area (Å²) in [5.74, 6) is -0.0382. The average Bonchev–Trinajstić information content (AvgIpc) is 3.24. The molecule has 0 unspecified atom stereocenters. The lowest BCUT2D eigenvalue weighted by Crippen LogP contribution is -2.43. The topological polar surface area (TPSA) is 45.7 Å². The third-order valence-electron chi connectivity index (χ3n) is 5.24. The lowest BCUT2D eigenvalue weighted by Gasteiger charge is -2.29. The summed E-state index contributed by atoms with van der Waals surface area (Å²) in [5.41, 5.74) is 2.59. The largest absolute Gasteiger partial charge is 0.379 e. The standard InChI is InChI=1S/C22H24ClN3O2S2.ClH/c1-15-3-8-18(23)20-19(15)24-22(30-20)26(10-9-25-11-13-28-14-12-25)21(27)16-4-6-17(29-2)7-5-16;/h3-8H,9-14H2,1-2H3;1H. The van der Waals surface area contributed by atoms with Gasteiger partial charge in [0.05, 0.1) is 28.5 Å². The summed E-state index contributed by atoms with van der Waals surface area (Å²) in [4.78, 5) is 23.5. The van der Waals surface area contributed by atoms with E-state index in [0.29, 0.717) is 22.3 Å². The molecule has 0 radical (unpaired) electrons. The molecule has 0 atom stereocenters. The minimum absolute atomic E-state index is 0. The van der Waals surface area contributed by atoms with E-state index in [-0.39, 0.29) is 18.3 Å². The van der Waals surface area contributed by atoms with Gasteiger partial charge in [-0.3, -0.25) is 14.6 Å². The van der Waals surface area contributed by atoms with Crippen molar-refractivity contribution in [3.05, 3.63) is 52.5 Å².